The summed E-state index contributed by atoms with van der Waals surface area (Å²) >= 11 is 7.73. The molecule has 22 heavy (non-hydrogen) atoms. The number of nitrogens with two attached hydrogens (primary N) is 1. The van der Waals surface area contributed by atoms with E-state index in [4.69, 9.17) is 17.3 Å². The van der Waals surface area contributed by atoms with Crippen LogP contribution in [0.25, 0.3) is 20.3 Å². The molecule has 5 nitrogen and oxygen atoms in total. The largest absolute Gasteiger partial charge is 0.368 e. The molecule has 4 rings (SSSR count). The number of nitrogen functional groups attached to an aromatic ring is 1. The van der Waals surface area contributed by atoms with E-state index in [1.807, 2.05) is 18.2 Å². The Bertz CT molecular complexity index is 841. The molecule has 0 radical (unpaired) electrons. The fraction of sp³-hybridized carbons (Fsp3) is 0.333. The first-order valence-corrected chi connectivity index (χ1v) is 8.53. The lowest BCUT2D eigenvalue weighted by Crippen LogP contribution is -2.29. The quantitative estimate of drug-likeness (QED) is 0.686. The van der Waals surface area contributed by atoms with E-state index in [0.29, 0.717) is 12.0 Å². The van der Waals surface area contributed by atoms with E-state index in [0.717, 1.165) is 44.2 Å². The van der Waals surface area contributed by atoms with Crippen molar-refractivity contribution in [2.24, 2.45) is 0 Å². The maximum absolute atomic E-state index is 6.09. The minimum atomic E-state index is 0.295. The van der Waals surface area contributed by atoms with Crippen molar-refractivity contribution in [1.82, 2.24) is 15.3 Å². The summed E-state index contributed by atoms with van der Waals surface area (Å²) in [6, 6.07) is 6.33. The van der Waals surface area contributed by atoms with Crippen LogP contribution in [0.1, 0.15) is 12.8 Å². The Balaban J connectivity index is 1.77. The molecular formula is C15H16ClN5S. The molecule has 2 aromatic heterocycles. The Morgan fingerprint density at radius 3 is 3.14 bits per heavy atom. The second-order valence-corrected chi connectivity index (χ2v) is 7.01. The van der Waals surface area contributed by atoms with Crippen molar-refractivity contribution >= 4 is 55.0 Å². The van der Waals surface area contributed by atoms with Gasteiger partial charge in [-0.15, -0.1) is 11.3 Å². The summed E-state index contributed by atoms with van der Waals surface area (Å²) in [6.45, 7) is 1.94. The number of nitrogens with one attached hydrogen (secondary N) is 2. The number of thiophene rings is 1. The Morgan fingerprint density at radius 1 is 1.41 bits per heavy atom. The predicted octanol–water partition coefficient (Wildman–Crippen LogP) is 3.24. The number of benzene rings is 1. The zero-order chi connectivity index (χ0) is 15.1. The van der Waals surface area contributed by atoms with Crippen molar-refractivity contribution in [3.05, 3.63) is 23.2 Å². The van der Waals surface area contributed by atoms with Crippen LogP contribution in [0.2, 0.25) is 5.02 Å². The Labute approximate surface area is 136 Å². The minimum Gasteiger partial charge on any atom is -0.368 e. The highest BCUT2D eigenvalue weighted by atomic mass is 35.5. The SMILES string of the molecule is Nc1nc(NCC2CCCN2)c2sc3cc(Cl)ccc3c2n1. The van der Waals surface area contributed by atoms with Gasteiger partial charge in [0, 0.05) is 27.7 Å². The number of fused-ring (bicyclic) bond motifs is 3. The number of hydrogen-bond donors (Lipinski definition) is 3. The molecule has 1 atom stereocenters. The Morgan fingerprint density at radius 2 is 2.32 bits per heavy atom. The van der Waals surface area contributed by atoms with Crippen LogP contribution in [-0.4, -0.2) is 29.1 Å². The predicted molar refractivity (Wildman–Crippen MR) is 93.9 cm³/mol. The summed E-state index contributed by atoms with van der Waals surface area (Å²) in [5.41, 5.74) is 6.78. The molecule has 1 aliphatic rings. The van der Waals surface area contributed by atoms with Gasteiger partial charge in [-0.2, -0.15) is 4.98 Å². The number of rotatable bonds is 3. The second kappa shape index (κ2) is 5.53. The maximum atomic E-state index is 6.09. The van der Waals surface area contributed by atoms with Crippen LogP contribution in [-0.2, 0) is 0 Å². The number of aromatic nitrogens is 2. The van der Waals surface area contributed by atoms with Crippen LogP contribution in [0.3, 0.4) is 0 Å². The van der Waals surface area contributed by atoms with Gasteiger partial charge in [0.1, 0.15) is 5.82 Å². The molecule has 0 saturated carbocycles. The van der Waals surface area contributed by atoms with E-state index in [-0.39, 0.29) is 0 Å². The van der Waals surface area contributed by atoms with Gasteiger partial charge in [0.15, 0.2) is 0 Å². The first-order chi connectivity index (χ1) is 10.7. The Kier molecular flexibility index (Phi) is 3.52. The molecule has 1 unspecified atom stereocenters. The molecule has 0 aliphatic carbocycles. The lowest BCUT2D eigenvalue weighted by atomic mass is 10.2. The zero-order valence-electron chi connectivity index (χ0n) is 11.9. The third-order valence-corrected chi connectivity index (χ3v) is 5.36. The van der Waals surface area contributed by atoms with Crippen LogP contribution in [0.15, 0.2) is 18.2 Å². The fourth-order valence-corrected chi connectivity index (χ4v) is 4.29. The van der Waals surface area contributed by atoms with E-state index in [1.54, 1.807) is 11.3 Å². The summed E-state index contributed by atoms with van der Waals surface area (Å²) < 4.78 is 2.13. The molecule has 1 aliphatic heterocycles. The second-order valence-electron chi connectivity index (χ2n) is 5.52. The van der Waals surface area contributed by atoms with Gasteiger partial charge in [0.2, 0.25) is 5.95 Å². The Hall–Kier alpha value is -1.63. The van der Waals surface area contributed by atoms with Gasteiger partial charge in [-0.3, -0.25) is 0 Å². The van der Waals surface area contributed by atoms with Crippen molar-refractivity contribution in [3.8, 4) is 0 Å². The van der Waals surface area contributed by atoms with Gasteiger partial charge in [-0.1, -0.05) is 11.6 Å². The van der Waals surface area contributed by atoms with Crippen LogP contribution in [0.4, 0.5) is 11.8 Å². The first kappa shape index (κ1) is 14.0. The molecule has 3 aromatic rings. The highest BCUT2D eigenvalue weighted by molar-refractivity contribution is 7.26. The number of nitrogens with zero attached hydrogens (tertiary/aromatic N) is 2. The lowest BCUT2D eigenvalue weighted by molar-refractivity contribution is 0.633. The van der Waals surface area contributed by atoms with Gasteiger partial charge >= 0.3 is 0 Å². The number of halogens is 1. The van der Waals surface area contributed by atoms with E-state index >= 15 is 0 Å². The third kappa shape index (κ3) is 2.47. The van der Waals surface area contributed by atoms with Crippen molar-refractivity contribution in [2.75, 3.05) is 24.1 Å². The van der Waals surface area contributed by atoms with Crippen LogP contribution in [0, 0.1) is 0 Å². The van der Waals surface area contributed by atoms with Crippen molar-refractivity contribution in [2.45, 2.75) is 18.9 Å². The average Bonchev–Trinajstić information content (AvgIpc) is 3.11. The molecule has 4 N–H and O–H groups in total. The van der Waals surface area contributed by atoms with E-state index in [2.05, 4.69) is 20.6 Å². The molecule has 1 fully saturated rings. The molecule has 1 aromatic carbocycles. The van der Waals surface area contributed by atoms with Gasteiger partial charge in [-0.05, 0) is 37.6 Å². The molecular weight excluding hydrogens is 318 g/mol. The highest BCUT2D eigenvalue weighted by Crippen LogP contribution is 2.37. The molecule has 7 heteroatoms. The highest BCUT2D eigenvalue weighted by Gasteiger charge is 2.17. The summed E-state index contributed by atoms with van der Waals surface area (Å²) in [4.78, 5) is 8.80. The van der Waals surface area contributed by atoms with E-state index < -0.39 is 0 Å². The average molecular weight is 334 g/mol. The summed E-state index contributed by atoms with van der Waals surface area (Å²) in [6.07, 6.45) is 2.42. The maximum Gasteiger partial charge on any atom is 0.222 e. The minimum absolute atomic E-state index is 0.295. The van der Waals surface area contributed by atoms with Gasteiger partial charge < -0.3 is 16.4 Å². The molecule has 0 amide bonds. The third-order valence-electron chi connectivity index (χ3n) is 3.97. The van der Waals surface area contributed by atoms with Gasteiger partial charge in [0.05, 0.1) is 10.2 Å². The van der Waals surface area contributed by atoms with Crippen LogP contribution >= 0.6 is 22.9 Å². The molecule has 0 spiro atoms. The smallest absolute Gasteiger partial charge is 0.222 e. The van der Waals surface area contributed by atoms with Gasteiger partial charge in [-0.25, -0.2) is 4.98 Å². The van der Waals surface area contributed by atoms with Crippen molar-refractivity contribution in [1.29, 1.82) is 0 Å². The van der Waals surface area contributed by atoms with E-state index in [9.17, 15) is 0 Å². The number of hydrogen-bond acceptors (Lipinski definition) is 6. The van der Waals surface area contributed by atoms with Gasteiger partial charge in [0.25, 0.3) is 0 Å². The summed E-state index contributed by atoms with van der Waals surface area (Å²) in [5.74, 6) is 1.11. The van der Waals surface area contributed by atoms with Crippen molar-refractivity contribution in [3.63, 3.8) is 0 Å². The van der Waals surface area contributed by atoms with Crippen molar-refractivity contribution < 1.29 is 0 Å². The molecule has 1 saturated heterocycles. The number of anilines is 2. The van der Waals surface area contributed by atoms with E-state index in [1.165, 1.54) is 12.8 Å². The lowest BCUT2D eigenvalue weighted by Gasteiger charge is -2.12. The van der Waals surface area contributed by atoms with Crippen LogP contribution < -0.4 is 16.4 Å². The molecule has 114 valence electrons. The topological polar surface area (TPSA) is 75.9 Å². The monoisotopic (exact) mass is 333 g/mol. The summed E-state index contributed by atoms with van der Waals surface area (Å²) in [5, 5.41) is 8.70. The standard InChI is InChI=1S/C15H16ClN5S/c16-8-3-4-10-11(6-8)22-13-12(10)20-15(17)21-14(13)19-7-9-2-1-5-18-9/h3-4,6,9,18H,1-2,5,7H2,(H3,17,19,20,21). The normalized spacial score (nSPS) is 18.3. The molecule has 0 bridgehead atoms. The van der Waals surface area contributed by atoms with Crippen LogP contribution in [0.5, 0.6) is 0 Å². The zero-order valence-corrected chi connectivity index (χ0v) is 13.5. The molecule has 3 heterocycles. The summed E-state index contributed by atoms with van der Waals surface area (Å²) in [7, 11) is 0. The fourth-order valence-electron chi connectivity index (χ4n) is 2.90. The first-order valence-electron chi connectivity index (χ1n) is 7.33.